The third-order valence-electron chi connectivity index (χ3n) is 4.91. The van der Waals surface area contributed by atoms with Crippen molar-refractivity contribution < 1.29 is 9.53 Å². The van der Waals surface area contributed by atoms with Gasteiger partial charge in [-0.3, -0.25) is 4.79 Å². The summed E-state index contributed by atoms with van der Waals surface area (Å²) < 4.78 is 5.70. The highest BCUT2D eigenvalue weighted by atomic mass is 32.2. The van der Waals surface area contributed by atoms with Gasteiger partial charge in [0.2, 0.25) is 0 Å². The van der Waals surface area contributed by atoms with E-state index in [4.69, 9.17) is 4.74 Å². The quantitative estimate of drug-likeness (QED) is 0.829. The van der Waals surface area contributed by atoms with Crippen molar-refractivity contribution in [3.63, 3.8) is 0 Å². The topological polar surface area (TPSA) is 50.4 Å². The Labute approximate surface area is 152 Å². The molecule has 0 spiro atoms. The second-order valence-electron chi connectivity index (χ2n) is 6.52. The van der Waals surface area contributed by atoms with E-state index in [9.17, 15) is 4.79 Å². The predicted molar refractivity (Wildman–Crippen MR) is 101 cm³/mol. The Hall–Kier alpha value is -1.98. The van der Waals surface area contributed by atoms with Crippen LogP contribution < -0.4 is 15.4 Å². The van der Waals surface area contributed by atoms with Gasteiger partial charge in [-0.25, -0.2) is 0 Å². The molecule has 1 atom stereocenters. The lowest BCUT2D eigenvalue weighted by atomic mass is 9.96. The molecule has 2 heterocycles. The minimum Gasteiger partial charge on any atom is -0.492 e. The Morgan fingerprint density at radius 1 is 1.28 bits per heavy atom. The van der Waals surface area contributed by atoms with E-state index in [1.807, 2.05) is 12.3 Å². The maximum absolute atomic E-state index is 12.7. The first kappa shape index (κ1) is 16.5. The summed E-state index contributed by atoms with van der Waals surface area (Å²) in [6, 6.07) is 12.8. The summed E-state index contributed by atoms with van der Waals surface area (Å²) in [5.74, 6) is 0.715. The molecule has 0 saturated carbocycles. The summed E-state index contributed by atoms with van der Waals surface area (Å²) >= 11 is 1.66. The van der Waals surface area contributed by atoms with Crippen molar-refractivity contribution in [1.29, 1.82) is 0 Å². The van der Waals surface area contributed by atoms with Gasteiger partial charge in [-0.05, 0) is 41.5 Å². The second-order valence-corrected chi connectivity index (χ2v) is 7.40. The number of carbonyl (C=O) groups excluding carboxylic acids is 1. The molecule has 25 heavy (non-hydrogen) atoms. The molecule has 0 saturated heterocycles. The number of ether oxygens (including phenoxy) is 1. The molecule has 0 bridgehead atoms. The van der Waals surface area contributed by atoms with E-state index in [-0.39, 0.29) is 11.9 Å². The number of hydrogen-bond acceptors (Lipinski definition) is 4. The molecule has 2 aromatic rings. The molecule has 4 rings (SSSR count). The van der Waals surface area contributed by atoms with E-state index in [0.29, 0.717) is 18.7 Å². The van der Waals surface area contributed by atoms with Crippen molar-refractivity contribution in [2.45, 2.75) is 30.3 Å². The zero-order chi connectivity index (χ0) is 17.2. The van der Waals surface area contributed by atoms with E-state index in [0.717, 1.165) is 35.6 Å². The van der Waals surface area contributed by atoms with Gasteiger partial charge in [-0.1, -0.05) is 24.3 Å². The van der Waals surface area contributed by atoms with E-state index >= 15 is 0 Å². The largest absolute Gasteiger partial charge is 0.492 e. The van der Waals surface area contributed by atoms with Gasteiger partial charge < -0.3 is 15.4 Å². The number of rotatable bonds is 4. The summed E-state index contributed by atoms with van der Waals surface area (Å²) in [4.78, 5) is 13.8. The Morgan fingerprint density at radius 2 is 2.12 bits per heavy atom. The molecule has 0 unspecified atom stereocenters. The van der Waals surface area contributed by atoms with Gasteiger partial charge in [-0.15, -0.1) is 11.8 Å². The first-order chi connectivity index (χ1) is 12.2. The molecular formula is C20H22N2O2S. The van der Waals surface area contributed by atoms with Crippen molar-refractivity contribution in [2.24, 2.45) is 0 Å². The van der Waals surface area contributed by atoms with Crippen LogP contribution in [0.15, 0.2) is 41.3 Å². The van der Waals surface area contributed by atoms with Crippen molar-refractivity contribution >= 4 is 17.7 Å². The van der Waals surface area contributed by atoms with E-state index in [2.05, 4.69) is 41.0 Å². The fourth-order valence-corrected chi connectivity index (χ4v) is 4.04. The number of carbonyl (C=O) groups is 1. The van der Waals surface area contributed by atoms with Crippen LogP contribution in [0, 0.1) is 0 Å². The first-order valence-corrected chi connectivity index (χ1v) is 9.89. The van der Waals surface area contributed by atoms with Crippen molar-refractivity contribution in [3.8, 4) is 5.75 Å². The molecule has 5 heteroatoms. The molecule has 0 radical (unpaired) electrons. The van der Waals surface area contributed by atoms with Gasteiger partial charge in [0.05, 0.1) is 12.2 Å². The van der Waals surface area contributed by atoms with Gasteiger partial charge in [0.25, 0.3) is 5.91 Å². The van der Waals surface area contributed by atoms with Crippen molar-refractivity contribution in [3.05, 3.63) is 58.7 Å². The van der Waals surface area contributed by atoms with Gasteiger partial charge in [-0.2, -0.15) is 0 Å². The van der Waals surface area contributed by atoms with E-state index in [1.54, 1.807) is 11.8 Å². The minimum atomic E-state index is -0.0466. The average Bonchev–Trinajstić information content (AvgIpc) is 3.13. The molecule has 0 aromatic heterocycles. The zero-order valence-corrected chi connectivity index (χ0v) is 15.1. The number of hydrogen-bond donors (Lipinski definition) is 2. The molecule has 2 aromatic carbocycles. The number of benzene rings is 2. The Kier molecular flexibility index (Phi) is 4.68. The molecule has 130 valence electrons. The highest BCUT2D eigenvalue weighted by molar-refractivity contribution is 7.98. The first-order valence-electron chi connectivity index (χ1n) is 8.66. The number of amides is 1. The highest BCUT2D eigenvalue weighted by Gasteiger charge is 2.23. The lowest BCUT2D eigenvalue weighted by Gasteiger charge is -2.26. The third kappa shape index (κ3) is 3.39. The minimum absolute atomic E-state index is 0.0466. The smallest absolute Gasteiger partial charge is 0.255 e. The van der Waals surface area contributed by atoms with Crippen LogP contribution in [0.5, 0.6) is 5.75 Å². The van der Waals surface area contributed by atoms with Gasteiger partial charge >= 0.3 is 0 Å². The normalized spacial score (nSPS) is 18.2. The molecule has 2 aliphatic rings. The average molecular weight is 354 g/mol. The fraction of sp³-hybridized carbons (Fsp3) is 0.350. The van der Waals surface area contributed by atoms with Crippen LogP contribution in [0.2, 0.25) is 0 Å². The lowest BCUT2D eigenvalue weighted by molar-refractivity contribution is 0.0945. The maximum atomic E-state index is 12.7. The number of nitrogens with one attached hydrogen (secondary N) is 2. The molecule has 1 amide bonds. The van der Waals surface area contributed by atoms with Crippen LogP contribution in [0.25, 0.3) is 0 Å². The Bertz CT molecular complexity index is 806. The summed E-state index contributed by atoms with van der Waals surface area (Å²) in [7, 11) is 0. The summed E-state index contributed by atoms with van der Waals surface area (Å²) in [6.45, 7) is 2.14. The number of thioether (sulfide) groups is 1. The molecule has 4 nitrogen and oxygen atoms in total. The predicted octanol–water partition coefficient (Wildman–Crippen LogP) is 2.79. The number of fused-ring (bicyclic) bond motifs is 2. The standard InChI is InChI=1S/C20H22N2O2S/c1-25-17-9-14-6-7-24-19(14)18(10-17)20(23)22-12-16-8-13-4-2-3-5-15(13)11-21-16/h2-5,9-10,16,21H,6-8,11-12H2,1H3,(H,22,23)/t16-/m0/s1. The molecule has 0 fully saturated rings. The molecule has 2 aliphatic heterocycles. The molecule has 2 N–H and O–H groups in total. The second kappa shape index (κ2) is 7.10. The van der Waals surface area contributed by atoms with Crippen molar-refractivity contribution in [2.75, 3.05) is 19.4 Å². The van der Waals surface area contributed by atoms with Gasteiger partial charge in [0.15, 0.2) is 0 Å². The highest BCUT2D eigenvalue weighted by Crippen LogP contribution is 2.33. The van der Waals surface area contributed by atoms with Crippen LogP contribution in [-0.4, -0.2) is 31.4 Å². The van der Waals surface area contributed by atoms with Crippen LogP contribution in [0.1, 0.15) is 27.0 Å². The summed E-state index contributed by atoms with van der Waals surface area (Å²) in [6.07, 6.45) is 3.85. The van der Waals surface area contributed by atoms with Crippen LogP contribution in [-0.2, 0) is 19.4 Å². The maximum Gasteiger partial charge on any atom is 0.255 e. The summed E-state index contributed by atoms with van der Waals surface area (Å²) in [5.41, 5.74) is 4.52. The third-order valence-corrected chi connectivity index (χ3v) is 5.62. The van der Waals surface area contributed by atoms with Gasteiger partial charge in [0, 0.05) is 30.4 Å². The van der Waals surface area contributed by atoms with Crippen LogP contribution >= 0.6 is 11.8 Å². The van der Waals surface area contributed by atoms with E-state index in [1.165, 1.54) is 11.1 Å². The van der Waals surface area contributed by atoms with E-state index < -0.39 is 0 Å². The van der Waals surface area contributed by atoms with Crippen molar-refractivity contribution in [1.82, 2.24) is 10.6 Å². The monoisotopic (exact) mass is 354 g/mol. The Morgan fingerprint density at radius 3 is 2.96 bits per heavy atom. The SMILES string of the molecule is CSc1cc2c(c(C(=O)NC[C@@H]3Cc4ccccc4CN3)c1)OCC2. The van der Waals surface area contributed by atoms with Crippen LogP contribution in [0.3, 0.4) is 0 Å². The summed E-state index contributed by atoms with van der Waals surface area (Å²) in [5, 5.41) is 6.60. The lowest BCUT2D eigenvalue weighted by Crippen LogP contribution is -2.44. The van der Waals surface area contributed by atoms with Crippen LogP contribution in [0.4, 0.5) is 0 Å². The Balaban J connectivity index is 1.44. The molecular weight excluding hydrogens is 332 g/mol. The molecule has 0 aliphatic carbocycles. The van der Waals surface area contributed by atoms with Gasteiger partial charge in [0.1, 0.15) is 5.75 Å². The fourth-order valence-electron chi connectivity index (χ4n) is 3.54. The zero-order valence-electron chi connectivity index (χ0n) is 14.3.